The highest BCUT2D eigenvalue weighted by Crippen LogP contribution is 2.41. The molecule has 3 aliphatic rings. The summed E-state index contributed by atoms with van der Waals surface area (Å²) in [5.74, 6) is -5.63. The van der Waals surface area contributed by atoms with E-state index in [1.165, 1.54) is 124 Å². The minimum Gasteiger partial charge on any atom is -0.481 e. The molecule has 0 amide bonds. The Morgan fingerprint density at radius 3 is 1.68 bits per heavy atom. The second kappa shape index (κ2) is 32.8. The second-order valence-corrected chi connectivity index (χ2v) is 23.3. The zero-order chi connectivity index (χ0) is 55.3. The van der Waals surface area contributed by atoms with Crippen LogP contribution in [0.1, 0.15) is 217 Å². The summed E-state index contributed by atoms with van der Waals surface area (Å²) in [6.07, 6.45) is 13.4. The maximum absolute atomic E-state index is 14.1. The van der Waals surface area contributed by atoms with Gasteiger partial charge >= 0.3 is 11.9 Å². The van der Waals surface area contributed by atoms with Gasteiger partial charge in [0, 0.05) is 43.7 Å². The SMILES string of the molecule is CCCCCCCCCCCCCCCCCCCC(=O)O.CC[C@H]1OC(=O)[C@H](C)[C@@H](O[C@H]2C[C@@](C)(OC)[C@@H](O)[C@H](C)O2)[C@@H](C)[C@@H](O[C@@H]2O[C@H](C)C[C@H](N(C)C)[C@H]2O)[C@](C)(O)C[C@@H](C)C(=O)[C@H](C)[C@H](O)[C@]1(C)O. The average Bonchev–Trinajstić information content (AvgIpc) is 3.33. The number of likely N-dealkylation sites (N-methyl/N-ethyl adjacent to an activating group) is 1. The molecule has 0 aromatic heterocycles. The molecule has 430 valence electrons. The van der Waals surface area contributed by atoms with E-state index >= 15 is 0 Å². The number of carbonyl (C=O) groups is 3. The zero-order valence-corrected chi connectivity index (χ0v) is 48.0. The molecule has 3 fully saturated rings. The summed E-state index contributed by atoms with van der Waals surface area (Å²) in [5, 5.41) is 66.1. The number of nitrogens with zero attached hydrogens (tertiary/aromatic N) is 1. The molecule has 3 saturated heterocycles. The van der Waals surface area contributed by atoms with Crippen molar-refractivity contribution in [2.75, 3.05) is 21.2 Å². The number of rotatable bonds is 25. The highest BCUT2D eigenvalue weighted by Gasteiger charge is 2.53. The van der Waals surface area contributed by atoms with Crippen LogP contribution in [0.25, 0.3) is 0 Å². The first-order chi connectivity index (χ1) is 34.2. The molecule has 6 N–H and O–H groups in total. The van der Waals surface area contributed by atoms with E-state index in [4.69, 9.17) is 33.5 Å². The summed E-state index contributed by atoms with van der Waals surface area (Å²) in [4.78, 5) is 40.1. The maximum atomic E-state index is 14.1. The van der Waals surface area contributed by atoms with Crippen molar-refractivity contribution in [3.8, 4) is 0 Å². The van der Waals surface area contributed by atoms with Crippen LogP contribution in [0.4, 0.5) is 0 Å². The maximum Gasteiger partial charge on any atom is 0.311 e. The summed E-state index contributed by atoms with van der Waals surface area (Å²) in [5.41, 5.74) is -4.84. The third kappa shape index (κ3) is 21.1. The number of esters is 1. The molecule has 3 heterocycles. The molecule has 73 heavy (non-hydrogen) atoms. The number of hydrogen-bond donors (Lipinski definition) is 6. The van der Waals surface area contributed by atoms with Crippen molar-refractivity contribution in [2.45, 2.75) is 302 Å². The van der Waals surface area contributed by atoms with Gasteiger partial charge < -0.3 is 64.0 Å². The molecule has 0 aliphatic carbocycles. The highest BCUT2D eigenvalue weighted by molar-refractivity contribution is 5.83. The quantitative estimate of drug-likeness (QED) is 0.0370. The Labute approximate surface area is 441 Å². The normalized spacial score (nSPS) is 38.1. The Morgan fingerprint density at radius 1 is 0.712 bits per heavy atom. The van der Waals surface area contributed by atoms with Gasteiger partial charge in [-0.1, -0.05) is 137 Å². The number of hydrogen-bond acceptors (Lipinski definition) is 15. The number of carboxylic acid groups (broad SMARTS) is 1. The van der Waals surface area contributed by atoms with E-state index in [0.29, 0.717) is 12.8 Å². The van der Waals surface area contributed by atoms with E-state index in [1.54, 1.807) is 41.5 Å². The molecule has 0 bridgehead atoms. The standard InChI is InChI=1S/C37H67NO13.C20H40O2/c1-14-25-37(10,45)30(41)20(4)27(39)18(2)16-35(8,44)32(51-34-28(40)24(38(11)12)15-19(3)47-34)21(5)29(22(6)33(43)49-25)50-26-17-36(9,46-13)31(42)23(7)48-26;1-2-3-4-5-6-7-8-9-10-11-12-13-14-15-16-17-18-19-20(21)22/h18-26,28-32,34,40-42,44-45H,14-17H2,1-13H3;2-19H2,1H3,(H,21,22)/t18-,19-,20+,21-,22-,23+,24+,25-,26+,28-,29+,30+,31+,32-,34+,35-,36-,37-;/m1./s1. The molecule has 16 nitrogen and oxygen atoms in total. The Kier molecular flexibility index (Phi) is 30.2. The number of Topliss-reactive ketones (excluding diaryl/α,β-unsaturated/α-hetero) is 1. The average molecular weight is 1050 g/mol. The van der Waals surface area contributed by atoms with Crippen LogP contribution in [0.5, 0.6) is 0 Å². The molecule has 16 heteroatoms. The molecule has 18 atom stereocenters. The number of carboxylic acids is 1. The third-order valence-corrected chi connectivity index (χ3v) is 16.3. The van der Waals surface area contributed by atoms with E-state index in [9.17, 15) is 39.9 Å². The van der Waals surface area contributed by atoms with Crippen molar-refractivity contribution in [2.24, 2.45) is 23.7 Å². The topological polar surface area (TPSA) is 231 Å². The molecule has 3 rings (SSSR count). The minimum atomic E-state index is -1.99. The molecule has 0 spiro atoms. The van der Waals surface area contributed by atoms with Gasteiger partial charge in [0.05, 0.1) is 47.6 Å². The number of aliphatic carboxylic acids is 1. The van der Waals surface area contributed by atoms with Crippen LogP contribution in [0, 0.1) is 23.7 Å². The number of cyclic esters (lactones) is 1. The van der Waals surface area contributed by atoms with Crippen LogP contribution < -0.4 is 0 Å². The third-order valence-electron chi connectivity index (χ3n) is 16.3. The molecule has 0 aromatic rings. The fourth-order valence-electron chi connectivity index (χ4n) is 11.4. The Hall–Kier alpha value is -1.83. The van der Waals surface area contributed by atoms with Crippen LogP contribution in [0.2, 0.25) is 0 Å². The van der Waals surface area contributed by atoms with Crippen molar-refractivity contribution < 1.29 is 73.4 Å². The lowest BCUT2D eigenvalue weighted by Crippen LogP contribution is -2.61. The predicted octanol–water partition coefficient (Wildman–Crippen LogP) is 8.90. The fraction of sp³-hybridized carbons (Fsp3) is 0.947. The molecule has 0 radical (unpaired) electrons. The van der Waals surface area contributed by atoms with Gasteiger partial charge in [0.1, 0.15) is 29.7 Å². The summed E-state index contributed by atoms with van der Waals surface area (Å²) in [6.45, 7) is 18.6. The number of unbranched alkanes of at least 4 members (excludes halogenated alkanes) is 16. The number of aliphatic hydroxyl groups is 5. The van der Waals surface area contributed by atoms with E-state index in [-0.39, 0.29) is 31.4 Å². The molecule has 3 aliphatic heterocycles. The van der Waals surface area contributed by atoms with Crippen molar-refractivity contribution >= 4 is 17.7 Å². The lowest BCUT2D eigenvalue weighted by atomic mass is 9.74. The number of carbonyl (C=O) groups excluding carboxylic acids is 2. The zero-order valence-electron chi connectivity index (χ0n) is 48.0. The smallest absolute Gasteiger partial charge is 0.311 e. The van der Waals surface area contributed by atoms with Crippen molar-refractivity contribution in [1.82, 2.24) is 4.90 Å². The van der Waals surface area contributed by atoms with Gasteiger partial charge in [-0.2, -0.15) is 0 Å². The van der Waals surface area contributed by atoms with Gasteiger partial charge in [0.25, 0.3) is 0 Å². The number of ketones is 1. The Balaban J connectivity index is 0.000000696. The lowest BCUT2D eigenvalue weighted by molar-refractivity contribution is -0.318. The van der Waals surface area contributed by atoms with Gasteiger partial charge in [-0.05, 0) is 81.3 Å². The van der Waals surface area contributed by atoms with Crippen molar-refractivity contribution in [3.63, 3.8) is 0 Å². The molecule has 0 saturated carbocycles. The first kappa shape index (κ1) is 67.3. The minimum absolute atomic E-state index is 0.0936. The Morgan fingerprint density at radius 2 is 1.22 bits per heavy atom. The largest absolute Gasteiger partial charge is 0.481 e. The van der Waals surface area contributed by atoms with Gasteiger partial charge in [0.2, 0.25) is 0 Å². The van der Waals surface area contributed by atoms with Gasteiger partial charge in [-0.3, -0.25) is 14.4 Å². The summed E-state index contributed by atoms with van der Waals surface area (Å²) in [7, 11) is 5.18. The van der Waals surface area contributed by atoms with Crippen LogP contribution in [0.15, 0.2) is 0 Å². The summed E-state index contributed by atoms with van der Waals surface area (Å²) in [6, 6.07) is -0.324. The van der Waals surface area contributed by atoms with E-state index in [2.05, 4.69) is 6.92 Å². The Bertz CT molecular complexity index is 1560. The lowest BCUT2D eigenvalue weighted by Gasteiger charge is -2.49. The van der Waals surface area contributed by atoms with Gasteiger partial charge in [-0.25, -0.2) is 0 Å². The first-order valence-electron chi connectivity index (χ1n) is 28.5. The van der Waals surface area contributed by atoms with Crippen LogP contribution in [-0.4, -0.2) is 159 Å². The van der Waals surface area contributed by atoms with E-state index in [1.807, 2.05) is 25.9 Å². The van der Waals surface area contributed by atoms with Gasteiger partial charge in [0.15, 0.2) is 12.6 Å². The number of aliphatic hydroxyl groups excluding tert-OH is 3. The molecular weight excluding hydrogens is 939 g/mol. The predicted molar refractivity (Wildman–Crippen MR) is 283 cm³/mol. The van der Waals surface area contributed by atoms with E-state index in [0.717, 1.165) is 12.8 Å². The monoisotopic (exact) mass is 1050 g/mol. The van der Waals surface area contributed by atoms with Gasteiger partial charge in [-0.15, -0.1) is 0 Å². The van der Waals surface area contributed by atoms with E-state index < -0.39 is 114 Å². The van der Waals surface area contributed by atoms with Crippen molar-refractivity contribution in [1.29, 1.82) is 0 Å². The molecular formula is C57H107NO15. The first-order valence-corrected chi connectivity index (χ1v) is 28.5. The van der Waals surface area contributed by atoms with Crippen LogP contribution >= 0.6 is 0 Å². The van der Waals surface area contributed by atoms with Crippen LogP contribution in [0.3, 0.4) is 0 Å². The second-order valence-electron chi connectivity index (χ2n) is 23.3. The summed E-state index contributed by atoms with van der Waals surface area (Å²) >= 11 is 0. The van der Waals surface area contributed by atoms with Crippen LogP contribution in [-0.2, 0) is 42.8 Å². The number of ether oxygens (including phenoxy) is 6. The molecule has 0 unspecified atom stereocenters. The van der Waals surface area contributed by atoms with Crippen molar-refractivity contribution in [3.05, 3.63) is 0 Å². The fourth-order valence-corrected chi connectivity index (χ4v) is 11.4. The molecule has 0 aromatic carbocycles. The highest BCUT2D eigenvalue weighted by atomic mass is 16.7. The number of methoxy groups -OCH3 is 1. The summed E-state index contributed by atoms with van der Waals surface area (Å²) < 4.78 is 37.1.